The van der Waals surface area contributed by atoms with E-state index < -0.39 is 22.2 Å². The average molecular weight is 649 g/mol. The number of methoxy groups -OCH3 is 3. The van der Waals surface area contributed by atoms with Gasteiger partial charge in [-0.2, -0.15) is 0 Å². The van der Waals surface area contributed by atoms with Gasteiger partial charge in [0.1, 0.15) is 16.8 Å². The molecule has 3 aliphatic carbocycles. The first kappa shape index (κ1) is 34.2. The summed E-state index contributed by atoms with van der Waals surface area (Å²) < 4.78 is 55.3. The van der Waals surface area contributed by atoms with Gasteiger partial charge in [0.2, 0.25) is 0 Å². The molecular weight excluding hydrogens is 600 g/mol. The van der Waals surface area contributed by atoms with E-state index in [1.54, 1.807) is 21.3 Å². The quantitative estimate of drug-likeness (QED) is 0.151. The third-order valence-electron chi connectivity index (χ3n) is 10.1. The van der Waals surface area contributed by atoms with E-state index in [1.807, 2.05) is 0 Å². The lowest BCUT2D eigenvalue weighted by atomic mass is 9.63. The summed E-state index contributed by atoms with van der Waals surface area (Å²) in [6, 6.07) is 25.7. The molecule has 0 amide bonds. The molecule has 0 aliphatic heterocycles. The Balaban J connectivity index is 1.52. The van der Waals surface area contributed by atoms with Crippen molar-refractivity contribution < 1.29 is 42.6 Å². The number of rotatable bonds is 21. The zero-order valence-electron chi connectivity index (χ0n) is 28.1. The highest BCUT2D eigenvalue weighted by Crippen LogP contribution is 2.83. The first-order chi connectivity index (χ1) is 23.1. The Labute approximate surface area is 278 Å². The van der Waals surface area contributed by atoms with Crippen molar-refractivity contribution in [2.24, 2.45) is 5.41 Å². The Morgan fingerprint density at radius 3 is 0.830 bits per heavy atom. The highest BCUT2D eigenvalue weighted by Gasteiger charge is 2.86. The lowest BCUT2D eigenvalue weighted by Gasteiger charge is -2.51. The fourth-order valence-corrected chi connectivity index (χ4v) is 8.48. The van der Waals surface area contributed by atoms with Gasteiger partial charge in [-0.1, -0.05) is 72.8 Å². The van der Waals surface area contributed by atoms with Crippen molar-refractivity contribution in [3.8, 4) is 0 Å². The highest BCUT2D eigenvalue weighted by atomic mass is 16.6. The maximum Gasteiger partial charge on any atom is 0.131 e. The molecule has 3 aromatic carbocycles. The van der Waals surface area contributed by atoms with Gasteiger partial charge < -0.3 is 42.6 Å². The molecule has 254 valence electrons. The Morgan fingerprint density at radius 2 is 0.596 bits per heavy atom. The molecule has 0 bridgehead atoms. The van der Waals surface area contributed by atoms with E-state index in [2.05, 4.69) is 79.7 Å². The number of benzene rings is 3. The minimum absolute atomic E-state index is 0.366. The van der Waals surface area contributed by atoms with Gasteiger partial charge in [-0.15, -0.1) is 0 Å². The molecule has 9 nitrogen and oxygen atoms in total. The van der Waals surface area contributed by atoms with Gasteiger partial charge >= 0.3 is 0 Å². The van der Waals surface area contributed by atoms with E-state index in [4.69, 9.17) is 42.6 Å². The van der Waals surface area contributed by atoms with E-state index in [1.165, 1.54) is 0 Å². The summed E-state index contributed by atoms with van der Waals surface area (Å²) in [4.78, 5) is 0. The maximum absolute atomic E-state index is 7.31. The van der Waals surface area contributed by atoms with Crippen LogP contribution in [0.1, 0.15) is 40.3 Å². The van der Waals surface area contributed by atoms with Crippen molar-refractivity contribution in [1.29, 1.82) is 0 Å². The van der Waals surface area contributed by atoms with Crippen molar-refractivity contribution in [2.75, 3.05) is 101 Å². The summed E-state index contributed by atoms with van der Waals surface area (Å²) in [5, 5.41) is 0. The second-order valence-electron chi connectivity index (χ2n) is 12.2. The summed E-state index contributed by atoms with van der Waals surface area (Å²) in [5.74, 6) is 0. The minimum Gasteiger partial charge on any atom is -0.382 e. The zero-order chi connectivity index (χ0) is 32.8. The number of hydrogen-bond donors (Lipinski definition) is 0. The first-order valence-corrected chi connectivity index (χ1v) is 16.5. The largest absolute Gasteiger partial charge is 0.382 e. The van der Waals surface area contributed by atoms with Gasteiger partial charge in [-0.3, -0.25) is 0 Å². The Hall–Kier alpha value is -2.70. The van der Waals surface area contributed by atoms with Crippen molar-refractivity contribution in [2.45, 2.75) is 23.7 Å². The van der Waals surface area contributed by atoms with Gasteiger partial charge in [0, 0.05) is 21.3 Å². The summed E-state index contributed by atoms with van der Waals surface area (Å²) in [6.07, 6.45) is 0. The summed E-state index contributed by atoms with van der Waals surface area (Å²) in [6.45, 7) is 7.70. The molecule has 0 saturated carbocycles. The fraction of sp³-hybridized carbons (Fsp3) is 0.526. The molecule has 9 heteroatoms. The van der Waals surface area contributed by atoms with Crippen LogP contribution < -0.4 is 0 Å². The minimum atomic E-state index is -0.933. The first-order valence-electron chi connectivity index (χ1n) is 16.5. The van der Waals surface area contributed by atoms with E-state index in [0.717, 1.165) is 33.4 Å². The second kappa shape index (κ2) is 14.8. The second-order valence-corrected chi connectivity index (χ2v) is 12.2. The van der Waals surface area contributed by atoms with Crippen LogP contribution in [-0.4, -0.2) is 101 Å². The molecule has 0 radical (unpaired) electrons. The molecule has 47 heavy (non-hydrogen) atoms. The van der Waals surface area contributed by atoms with Crippen LogP contribution in [-0.2, 0) is 59.4 Å². The van der Waals surface area contributed by atoms with Crippen molar-refractivity contribution in [1.82, 2.24) is 0 Å². The average Bonchev–Trinajstić information content (AvgIpc) is 3.52. The monoisotopic (exact) mass is 648 g/mol. The molecule has 3 aromatic rings. The van der Waals surface area contributed by atoms with Crippen LogP contribution in [0.4, 0.5) is 0 Å². The van der Waals surface area contributed by atoms with Crippen LogP contribution in [0.25, 0.3) is 0 Å². The zero-order valence-corrected chi connectivity index (χ0v) is 28.1. The molecule has 0 spiro atoms. The van der Waals surface area contributed by atoms with Crippen LogP contribution >= 0.6 is 0 Å². The molecule has 0 heterocycles. The van der Waals surface area contributed by atoms with Crippen LogP contribution in [0.2, 0.25) is 0 Å². The molecule has 0 atom stereocenters. The van der Waals surface area contributed by atoms with Crippen molar-refractivity contribution >= 4 is 0 Å². The van der Waals surface area contributed by atoms with Crippen molar-refractivity contribution in [3.05, 3.63) is 106 Å². The third kappa shape index (κ3) is 5.10. The standard InChI is InChI=1S/C38H48O9/c1-35-36(45-26-23-42-20-17-39-2)29-11-5-7-13-31(29)37(35,46-27-24-43-21-18-40-3)33-15-9-10-16-34(33)38(35,32-14-8-6-12-30(32)36)47-28-25-44-22-19-41-4/h5-16H,17-28H2,1-4H3. The summed E-state index contributed by atoms with van der Waals surface area (Å²) in [7, 11) is 5.02. The molecule has 0 saturated heterocycles. The van der Waals surface area contributed by atoms with Crippen molar-refractivity contribution in [3.63, 3.8) is 0 Å². The molecule has 3 aliphatic rings. The van der Waals surface area contributed by atoms with E-state index >= 15 is 0 Å². The molecule has 0 aromatic heterocycles. The molecule has 0 N–H and O–H groups in total. The normalized spacial score (nSPS) is 26.3. The van der Waals surface area contributed by atoms with Gasteiger partial charge in [0.05, 0.1) is 84.7 Å². The number of fused-ring (bicyclic) bond motifs is 9. The maximum atomic E-state index is 7.31. The van der Waals surface area contributed by atoms with Gasteiger partial charge in [-0.05, 0) is 40.3 Å². The van der Waals surface area contributed by atoms with Crippen LogP contribution in [0.15, 0.2) is 72.8 Å². The van der Waals surface area contributed by atoms with Crippen LogP contribution in [0.5, 0.6) is 0 Å². The SMILES string of the molecule is COCCOCCOC12c3ccccc3C3(OCCOCCOC)c4ccccc4C(OCCOCCOC)(c4ccccc41)C23C. The number of ether oxygens (including phenoxy) is 9. The fourth-order valence-electron chi connectivity index (χ4n) is 8.48. The van der Waals surface area contributed by atoms with E-state index in [-0.39, 0.29) is 0 Å². The molecular formula is C38H48O9. The van der Waals surface area contributed by atoms with Gasteiger partial charge in [0.25, 0.3) is 0 Å². The lowest BCUT2D eigenvalue weighted by molar-refractivity contribution is -0.247. The Morgan fingerprint density at radius 1 is 0.362 bits per heavy atom. The Kier molecular flexibility index (Phi) is 10.8. The number of hydrogen-bond acceptors (Lipinski definition) is 9. The van der Waals surface area contributed by atoms with Crippen LogP contribution in [0, 0.1) is 5.41 Å². The smallest absolute Gasteiger partial charge is 0.131 e. The molecule has 6 rings (SSSR count). The Bertz CT molecular complexity index is 1230. The summed E-state index contributed by atoms with van der Waals surface area (Å²) >= 11 is 0. The summed E-state index contributed by atoms with van der Waals surface area (Å²) in [5.41, 5.74) is 2.81. The van der Waals surface area contributed by atoms with Crippen LogP contribution in [0.3, 0.4) is 0 Å². The predicted molar refractivity (Wildman–Crippen MR) is 176 cm³/mol. The molecule has 0 fully saturated rings. The lowest BCUT2D eigenvalue weighted by Crippen LogP contribution is -2.57. The van der Waals surface area contributed by atoms with E-state index in [9.17, 15) is 0 Å². The topological polar surface area (TPSA) is 83.1 Å². The van der Waals surface area contributed by atoms with Gasteiger partial charge in [0.15, 0.2) is 0 Å². The highest BCUT2D eigenvalue weighted by molar-refractivity contribution is 5.74. The molecule has 0 unspecified atom stereocenters. The van der Waals surface area contributed by atoms with E-state index in [0.29, 0.717) is 79.3 Å². The van der Waals surface area contributed by atoms with Gasteiger partial charge in [-0.25, -0.2) is 0 Å². The predicted octanol–water partition coefficient (Wildman–Crippen LogP) is 4.80. The third-order valence-corrected chi connectivity index (χ3v) is 10.1.